The van der Waals surface area contributed by atoms with E-state index in [1.54, 1.807) is 5.57 Å². The van der Waals surface area contributed by atoms with Crippen molar-refractivity contribution in [3.05, 3.63) is 11.6 Å². The Bertz CT molecular complexity index is 698. The molecule has 0 aromatic heterocycles. The van der Waals surface area contributed by atoms with Gasteiger partial charge in [-0.2, -0.15) is 0 Å². The van der Waals surface area contributed by atoms with Crippen LogP contribution in [0.2, 0.25) is 0 Å². The van der Waals surface area contributed by atoms with Crippen molar-refractivity contribution < 1.29 is 4.74 Å². The first-order chi connectivity index (χ1) is 14.8. The highest BCUT2D eigenvalue weighted by Crippen LogP contribution is 2.67. The average Bonchev–Trinajstić information content (AvgIpc) is 3.09. The van der Waals surface area contributed by atoms with E-state index in [0.717, 1.165) is 41.9 Å². The lowest BCUT2D eigenvalue weighted by molar-refractivity contribution is -0.0618. The molecule has 0 amide bonds. The van der Waals surface area contributed by atoms with Crippen molar-refractivity contribution in [2.45, 2.75) is 111 Å². The van der Waals surface area contributed by atoms with E-state index in [9.17, 15) is 0 Å². The second kappa shape index (κ2) is 9.25. The fraction of sp³-hybridized carbons (Fsp3) is 0.867. The molecule has 0 N–H and O–H groups in total. The number of ether oxygens (including phenoxy) is 1. The summed E-state index contributed by atoms with van der Waals surface area (Å²) >= 11 is 0. The van der Waals surface area contributed by atoms with E-state index < -0.39 is 0 Å². The second-order valence-electron chi connectivity index (χ2n) is 12.7. The van der Waals surface area contributed by atoms with Crippen LogP contribution in [0.5, 0.6) is 0 Å². The highest BCUT2D eigenvalue weighted by molar-refractivity contribution is 5.25. The molecule has 8 atom stereocenters. The minimum atomic E-state index is 0.350. The van der Waals surface area contributed by atoms with Crippen LogP contribution >= 0.6 is 0 Å². The summed E-state index contributed by atoms with van der Waals surface area (Å²) in [5.41, 5.74) is 2.72. The molecule has 31 heavy (non-hydrogen) atoms. The fourth-order valence-corrected chi connectivity index (χ4v) is 8.96. The van der Waals surface area contributed by atoms with Gasteiger partial charge in [0, 0.05) is 0 Å². The van der Waals surface area contributed by atoms with Gasteiger partial charge in [-0.25, -0.2) is 0 Å². The van der Waals surface area contributed by atoms with Gasteiger partial charge in [0.25, 0.3) is 0 Å². The monoisotopic (exact) mass is 424 g/mol. The van der Waals surface area contributed by atoms with E-state index in [0.29, 0.717) is 23.5 Å². The van der Waals surface area contributed by atoms with Crippen LogP contribution in [0.1, 0.15) is 105 Å². The van der Waals surface area contributed by atoms with Crippen molar-refractivity contribution in [1.82, 2.24) is 0 Å². The smallest absolute Gasteiger partial charge is 0.107 e. The Morgan fingerprint density at radius 3 is 2.61 bits per heavy atom. The third-order valence-corrected chi connectivity index (χ3v) is 10.7. The van der Waals surface area contributed by atoms with Gasteiger partial charge in [-0.1, -0.05) is 71.5 Å². The Hall–Kier alpha value is -0.740. The van der Waals surface area contributed by atoms with Crippen LogP contribution in [-0.4, -0.2) is 12.7 Å². The Labute approximate surface area is 193 Å². The molecule has 4 rings (SSSR count). The van der Waals surface area contributed by atoms with Crippen LogP contribution in [0.15, 0.2) is 11.6 Å². The first-order valence-corrected chi connectivity index (χ1v) is 13.5. The fourth-order valence-electron chi connectivity index (χ4n) is 8.96. The Morgan fingerprint density at radius 1 is 1.06 bits per heavy atom. The molecule has 4 aliphatic carbocycles. The third kappa shape index (κ3) is 4.28. The molecule has 174 valence electrons. The van der Waals surface area contributed by atoms with E-state index in [4.69, 9.17) is 11.2 Å². The van der Waals surface area contributed by atoms with Crippen LogP contribution in [0.25, 0.3) is 0 Å². The largest absolute Gasteiger partial charge is 0.365 e. The number of hydrogen-bond acceptors (Lipinski definition) is 1. The second-order valence-corrected chi connectivity index (χ2v) is 12.7. The highest BCUT2D eigenvalue weighted by atomic mass is 16.5. The van der Waals surface area contributed by atoms with E-state index in [1.807, 2.05) is 0 Å². The topological polar surface area (TPSA) is 9.23 Å². The van der Waals surface area contributed by atoms with Gasteiger partial charge in [-0.15, -0.1) is 6.42 Å². The first kappa shape index (κ1) is 23.4. The van der Waals surface area contributed by atoms with Crippen LogP contribution < -0.4 is 0 Å². The molecular formula is C30H48O. The molecule has 0 aromatic rings. The highest BCUT2D eigenvalue weighted by Gasteiger charge is 2.59. The molecule has 3 saturated carbocycles. The standard InChI is InChI=1S/C30H48O/c1-7-19-31-24-15-17-29(5)23(20-24)11-12-25-27-14-13-26(22(4)10-8-9-21(2)3)30(27,6)18-16-28(25)29/h1,11,21-22,24-28H,8-10,12-20H2,2-6H3/t22-,24+,25+,26-,27+,28+,29+,30-/m1/s1. The first-order valence-electron chi connectivity index (χ1n) is 13.5. The van der Waals surface area contributed by atoms with E-state index in [1.165, 1.54) is 64.2 Å². The zero-order valence-electron chi connectivity index (χ0n) is 21.1. The molecule has 3 fully saturated rings. The summed E-state index contributed by atoms with van der Waals surface area (Å²) in [5.74, 6) is 8.14. The summed E-state index contributed by atoms with van der Waals surface area (Å²) in [7, 11) is 0. The van der Waals surface area contributed by atoms with Crippen LogP contribution in [-0.2, 0) is 4.74 Å². The van der Waals surface area contributed by atoms with Gasteiger partial charge >= 0.3 is 0 Å². The van der Waals surface area contributed by atoms with E-state index >= 15 is 0 Å². The van der Waals surface area contributed by atoms with Gasteiger partial charge in [-0.05, 0) is 97.7 Å². The summed E-state index contributed by atoms with van der Waals surface area (Å²) < 4.78 is 5.96. The molecule has 0 unspecified atom stereocenters. The molecule has 0 spiro atoms. The molecule has 1 heteroatoms. The maximum absolute atomic E-state index is 5.96. The van der Waals surface area contributed by atoms with Gasteiger partial charge < -0.3 is 4.74 Å². The molecule has 0 saturated heterocycles. The summed E-state index contributed by atoms with van der Waals surface area (Å²) in [5, 5.41) is 0. The lowest BCUT2D eigenvalue weighted by Gasteiger charge is -2.58. The predicted octanol–water partition coefficient (Wildman–Crippen LogP) is 8.05. The van der Waals surface area contributed by atoms with Gasteiger partial charge in [0.1, 0.15) is 6.61 Å². The summed E-state index contributed by atoms with van der Waals surface area (Å²) in [4.78, 5) is 0. The SMILES string of the molecule is C#CCO[C@H]1CC[C@@]2(C)C(=CC[C@H]3[C@@H]4CC[C@H]([C@H](C)CCCC(C)C)[C@@]4(C)CC[C@@H]32)C1. The van der Waals surface area contributed by atoms with Crippen molar-refractivity contribution in [3.8, 4) is 12.3 Å². The van der Waals surface area contributed by atoms with E-state index in [2.05, 4.69) is 46.6 Å². The van der Waals surface area contributed by atoms with Crippen LogP contribution in [0.4, 0.5) is 0 Å². The van der Waals surface area contributed by atoms with Crippen LogP contribution in [0, 0.1) is 58.7 Å². The van der Waals surface area contributed by atoms with Crippen molar-refractivity contribution in [2.75, 3.05) is 6.61 Å². The maximum atomic E-state index is 5.96. The predicted molar refractivity (Wildman–Crippen MR) is 132 cm³/mol. The molecule has 0 aromatic carbocycles. The quantitative estimate of drug-likeness (QED) is 0.297. The zero-order valence-corrected chi connectivity index (χ0v) is 21.1. The Balaban J connectivity index is 1.46. The number of hydrogen-bond donors (Lipinski definition) is 0. The molecule has 0 heterocycles. The molecule has 4 aliphatic rings. The van der Waals surface area contributed by atoms with Crippen molar-refractivity contribution >= 4 is 0 Å². The normalized spacial score (nSPS) is 42.9. The van der Waals surface area contributed by atoms with Crippen molar-refractivity contribution in [1.29, 1.82) is 0 Å². The van der Waals surface area contributed by atoms with Crippen LogP contribution in [0.3, 0.4) is 0 Å². The van der Waals surface area contributed by atoms with Crippen molar-refractivity contribution in [2.24, 2.45) is 46.3 Å². The lowest BCUT2D eigenvalue weighted by Crippen LogP contribution is -2.51. The zero-order chi connectivity index (χ0) is 22.2. The average molecular weight is 425 g/mol. The molecule has 0 radical (unpaired) electrons. The van der Waals surface area contributed by atoms with Gasteiger partial charge in [0.15, 0.2) is 0 Å². The lowest BCUT2D eigenvalue weighted by atomic mass is 9.47. The minimum Gasteiger partial charge on any atom is -0.365 e. The van der Waals surface area contributed by atoms with Gasteiger partial charge in [-0.3, -0.25) is 0 Å². The Morgan fingerprint density at radius 2 is 1.87 bits per heavy atom. The summed E-state index contributed by atoms with van der Waals surface area (Å²) in [6, 6.07) is 0. The number of allylic oxidation sites excluding steroid dienone is 1. The van der Waals surface area contributed by atoms with Crippen molar-refractivity contribution in [3.63, 3.8) is 0 Å². The minimum absolute atomic E-state index is 0.350. The number of terminal acetylenes is 1. The molecular weight excluding hydrogens is 376 g/mol. The maximum Gasteiger partial charge on any atom is 0.107 e. The summed E-state index contributed by atoms with van der Waals surface area (Å²) in [6.07, 6.45) is 23.6. The summed E-state index contributed by atoms with van der Waals surface area (Å²) in [6.45, 7) is 13.1. The molecule has 1 nitrogen and oxygen atoms in total. The Kier molecular flexibility index (Phi) is 6.99. The molecule has 0 bridgehead atoms. The number of rotatable bonds is 7. The van der Waals surface area contributed by atoms with Gasteiger partial charge in [0.2, 0.25) is 0 Å². The van der Waals surface area contributed by atoms with E-state index in [-0.39, 0.29) is 0 Å². The molecule has 0 aliphatic heterocycles. The number of fused-ring (bicyclic) bond motifs is 5. The van der Waals surface area contributed by atoms with Gasteiger partial charge in [0.05, 0.1) is 6.10 Å². The third-order valence-electron chi connectivity index (χ3n) is 10.7.